The first-order valence-electron chi connectivity index (χ1n) is 8.62. The van der Waals surface area contributed by atoms with Crippen LogP contribution in [0.25, 0.3) is 0 Å². The van der Waals surface area contributed by atoms with Gasteiger partial charge in [-0.2, -0.15) is 10.4 Å². The number of nitrogens with one attached hydrogen (secondary N) is 1. The number of carbonyl (C=O) groups is 1. The van der Waals surface area contributed by atoms with E-state index in [2.05, 4.69) is 10.2 Å². The zero-order valence-electron chi connectivity index (χ0n) is 15.0. The lowest BCUT2D eigenvalue weighted by atomic mass is 10.0. The van der Waals surface area contributed by atoms with Crippen LogP contribution in [-0.2, 0) is 13.0 Å². The second kappa shape index (κ2) is 7.38. The van der Waals surface area contributed by atoms with E-state index >= 15 is 0 Å². The molecule has 1 aliphatic rings. The van der Waals surface area contributed by atoms with Crippen molar-refractivity contribution >= 4 is 17.5 Å². The molecule has 1 unspecified atom stereocenters. The molecule has 2 aromatic rings. The molecular formula is C19H21ClN4O2. The van der Waals surface area contributed by atoms with Gasteiger partial charge in [0.05, 0.1) is 22.9 Å². The second-order valence-electron chi connectivity index (χ2n) is 6.83. The van der Waals surface area contributed by atoms with Crippen LogP contribution in [0, 0.1) is 17.2 Å². The van der Waals surface area contributed by atoms with Crippen LogP contribution in [0.1, 0.15) is 48.0 Å². The van der Waals surface area contributed by atoms with Crippen LogP contribution in [0.5, 0.6) is 5.75 Å². The fourth-order valence-corrected chi connectivity index (χ4v) is 3.11. The zero-order chi connectivity index (χ0) is 18.8. The number of halogens is 1. The van der Waals surface area contributed by atoms with E-state index in [1.54, 1.807) is 23.2 Å². The van der Waals surface area contributed by atoms with Gasteiger partial charge in [-0.1, -0.05) is 25.4 Å². The molecule has 1 aliphatic heterocycles. The lowest BCUT2D eigenvalue weighted by molar-refractivity contribution is 0.0724. The average molecular weight is 373 g/mol. The van der Waals surface area contributed by atoms with Gasteiger partial charge >= 0.3 is 0 Å². The molecule has 1 atom stereocenters. The molecule has 3 rings (SSSR count). The van der Waals surface area contributed by atoms with Crippen LogP contribution in [0.2, 0.25) is 5.02 Å². The second-order valence-corrected chi connectivity index (χ2v) is 7.21. The van der Waals surface area contributed by atoms with Crippen molar-refractivity contribution in [2.24, 2.45) is 5.92 Å². The molecule has 1 N–H and O–H groups in total. The van der Waals surface area contributed by atoms with Crippen molar-refractivity contribution in [3.8, 4) is 11.8 Å². The normalized spacial score (nSPS) is 14.7. The first-order valence-corrected chi connectivity index (χ1v) is 8.99. The van der Waals surface area contributed by atoms with Gasteiger partial charge in [0.1, 0.15) is 17.4 Å². The number of hydrogen-bond donors (Lipinski definition) is 1. The standard InChI is InChI=1S/C19H21ClN4O2/c1-11(2)12(3)26-16-5-4-13(8-21)18(20)17(16)19(25)24-7-6-15-14(10-24)9-22-23-15/h4-5,9,11-12H,6-7,10H2,1-3H3,(H,22,23). The molecule has 1 aromatic heterocycles. The van der Waals surface area contributed by atoms with Crippen LogP contribution in [0.15, 0.2) is 18.3 Å². The Kier molecular flexibility index (Phi) is 5.19. The van der Waals surface area contributed by atoms with Crippen molar-refractivity contribution in [1.82, 2.24) is 15.1 Å². The van der Waals surface area contributed by atoms with E-state index in [0.29, 0.717) is 25.3 Å². The van der Waals surface area contributed by atoms with Crippen molar-refractivity contribution in [3.63, 3.8) is 0 Å². The minimum atomic E-state index is -0.232. The van der Waals surface area contributed by atoms with Gasteiger partial charge in [-0.05, 0) is 25.0 Å². The van der Waals surface area contributed by atoms with Crippen molar-refractivity contribution in [3.05, 3.63) is 45.7 Å². The molecule has 26 heavy (non-hydrogen) atoms. The summed E-state index contributed by atoms with van der Waals surface area (Å²) in [7, 11) is 0. The predicted octanol–water partition coefficient (Wildman–Crippen LogP) is 3.56. The van der Waals surface area contributed by atoms with E-state index in [-0.39, 0.29) is 34.1 Å². The highest BCUT2D eigenvalue weighted by atomic mass is 35.5. The highest BCUT2D eigenvalue weighted by Crippen LogP contribution is 2.33. The Labute approximate surface area is 157 Å². The van der Waals surface area contributed by atoms with Crippen molar-refractivity contribution in [2.75, 3.05) is 6.54 Å². The van der Waals surface area contributed by atoms with Crippen molar-refractivity contribution in [2.45, 2.75) is 39.8 Å². The smallest absolute Gasteiger partial charge is 0.259 e. The van der Waals surface area contributed by atoms with E-state index < -0.39 is 0 Å². The third kappa shape index (κ3) is 3.40. The third-order valence-electron chi connectivity index (χ3n) is 4.78. The van der Waals surface area contributed by atoms with Gasteiger partial charge in [-0.3, -0.25) is 9.89 Å². The quantitative estimate of drug-likeness (QED) is 0.889. The maximum Gasteiger partial charge on any atom is 0.259 e. The summed E-state index contributed by atoms with van der Waals surface area (Å²) in [6, 6.07) is 5.28. The molecular weight excluding hydrogens is 352 g/mol. The topological polar surface area (TPSA) is 82.0 Å². The summed E-state index contributed by atoms with van der Waals surface area (Å²) in [6.07, 6.45) is 2.35. The molecule has 0 bridgehead atoms. The number of ether oxygens (including phenoxy) is 1. The lowest BCUT2D eigenvalue weighted by Gasteiger charge is -2.28. The number of benzene rings is 1. The Hall–Kier alpha value is -2.52. The number of fused-ring (bicyclic) bond motifs is 1. The van der Waals surface area contributed by atoms with E-state index in [4.69, 9.17) is 16.3 Å². The third-order valence-corrected chi connectivity index (χ3v) is 5.17. The summed E-state index contributed by atoms with van der Waals surface area (Å²) in [5.74, 6) is 0.457. The predicted molar refractivity (Wildman–Crippen MR) is 98.1 cm³/mol. The molecule has 6 nitrogen and oxygen atoms in total. The molecule has 1 amide bonds. The molecule has 0 radical (unpaired) electrons. The number of amides is 1. The van der Waals surface area contributed by atoms with E-state index in [9.17, 15) is 10.1 Å². The first-order chi connectivity index (χ1) is 12.4. The monoisotopic (exact) mass is 372 g/mol. The summed E-state index contributed by atoms with van der Waals surface area (Å²) >= 11 is 6.40. The van der Waals surface area contributed by atoms with Crippen molar-refractivity contribution < 1.29 is 9.53 Å². The molecule has 0 saturated heterocycles. The summed E-state index contributed by atoms with van der Waals surface area (Å²) < 4.78 is 5.99. The van der Waals surface area contributed by atoms with E-state index in [0.717, 1.165) is 11.3 Å². The summed E-state index contributed by atoms with van der Waals surface area (Å²) in [5, 5.41) is 16.4. The fourth-order valence-electron chi connectivity index (χ4n) is 2.83. The molecule has 0 aliphatic carbocycles. The Bertz CT molecular complexity index is 869. The molecule has 0 spiro atoms. The summed E-state index contributed by atoms with van der Waals surface area (Å²) in [5.41, 5.74) is 2.57. The minimum absolute atomic E-state index is 0.0904. The maximum absolute atomic E-state index is 13.2. The first kappa shape index (κ1) is 18.3. The van der Waals surface area contributed by atoms with Gasteiger partial charge in [0, 0.05) is 30.8 Å². The molecule has 0 fully saturated rings. The highest BCUT2D eigenvalue weighted by molar-refractivity contribution is 6.35. The van der Waals surface area contributed by atoms with Crippen LogP contribution < -0.4 is 4.74 Å². The average Bonchev–Trinajstić information content (AvgIpc) is 3.09. The molecule has 136 valence electrons. The van der Waals surface area contributed by atoms with Crippen LogP contribution >= 0.6 is 11.6 Å². The minimum Gasteiger partial charge on any atom is -0.490 e. The van der Waals surface area contributed by atoms with Crippen LogP contribution in [0.4, 0.5) is 0 Å². The van der Waals surface area contributed by atoms with E-state index in [1.165, 1.54) is 0 Å². The van der Waals surface area contributed by atoms with Gasteiger partial charge in [-0.25, -0.2) is 0 Å². The molecule has 7 heteroatoms. The summed E-state index contributed by atoms with van der Waals surface area (Å²) in [4.78, 5) is 14.9. The Morgan fingerprint density at radius 3 is 2.88 bits per heavy atom. The SMILES string of the molecule is CC(C)C(C)Oc1ccc(C#N)c(Cl)c1C(=O)N1CCc2[nH]ncc2C1. The number of nitriles is 1. The number of carbonyl (C=O) groups excluding carboxylic acids is 1. The molecule has 0 saturated carbocycles. The van der Waals surface area contributed by atoms with Crippen LogP contribution in [-0.4, -0.2) is 33.7 Å². The number of nitrogens with zero attached hydrogens (tertiary/aromatic N) is 3. The van der Waals surface area contributed by atoms with E-state index in [1.807, 2.05) is 26.8 Å². The highest BCUT2D eigenvalue weighted by Gasteiger charge is 2.29. The summed E-state index contributed by atoms with van der Waals surface area (Å²) in [6.45, 7) is 7.05. The van der Waals surface area contributed by atoms with Gasteiger partial charge in [0.15, 0.2) is 0 Å². The lowest BCUT2D eigenvalue weighted by Crippen LogP contribution is -2.36. The number of rotatable bonds is 4. The van der Waals surface area contributed by atoms with Crippen molar-refractivity contribution in [1.29, 1.82) is 5.26 Å². The zero-order valence-corrected chi connectivity index (χ0v) is 15.8. The molecule has 1 aromatic carbocycles. The maximum atomic E-state index is 13.2. The Morgan fingerprint density at radius 2 is 2.19 bits per heavy atom. The van der Waals surface area contributed by atoms with Gasteiger partial charge < -0.3 is 9.64 Å². The molecule has 2 heterocycles. The van der Waals surface area contributed by atoms with Gasteiger partial charge in [0.25, 0.3) is 5.91 Å². The Balaban J connectivity index is 1.96. The number of aromatic amines is 1. The Morgan fingerprint density at radius 1 is 1.42 bits per heavy atom. The number of aromatic nitrogens is 2. The van der Waals surface area contributed by atoms with Gasteiger partial charge in [0.2, 0.25) is 0 Å². The fraction of sp³-hybridized carbons (Fsp3) is 0.421. The van der Waals surface area contributed by atoms with Crippen LogP contribution in [0.3, 0.4) is 0 Å². The number of H-pyrrole nitrogens is 1. The number of hydrogen-bond acceptors (Lipinski definition) is 4. The largest absolute Gasteiger partial charge is 0.490 e. The van der Waals surface area contributed by atoms with Gasteiger partial charge in [-0.15, -0.1) is 0 Å².